The Morgan fingerprint density at radius 1 is 1.30 bits per heavy atom. The molecule has 0 saturated heterocycles. The second-order valence-electron chi connectivity index (χ2n) is 4.80. The molecule has 0 spiro atoms. The number of likely N-dealkylation sites (N-methyl/N-ethyl adjacent to an activating group) is 1. The second kappa shape index (κ2) is 7.47. The van der Waals surface area contributed by atoms with Crippen LogP contribution in [0.1, 0.15) is 5.56 Å². The summed E-state index contributed by atoms with van der Waals surface area (Å²) in [6.45, 7) is 0.810. The lowest BCUT2D eigenvalue weighted by Gasteiger charge is -2.19. The zero-order valence-corrected chi connectivity index (χ0v) is 13.2. The summed E-state index contributed by atoms with van der Waals surface area (Å²) in [4.78, 5) is 12.4. The first-order chi connectivity index (χ1) is 11.0. The fourth-order valence-corrected chi connectivity index (χ4v) is 2.14. The Balaban J connectivity index is 2.03. The number of hydrogen-bond donors (Lipinski definition) is 0. The molecule has 2 aromatic carbocycles. The van der Waals surface area contributed by atoms with Gasteiger partial charge in [-0.2, -0.15) is 5.26 Å². The number of nitrogens with zero attached hydrogens (tertiary/aromatic N) is 3. The van der Waals surface area contributed by atoms with Gasteiger partial charge in [0.1, 0.15) is 18.0 Å². The van der Waals surface area contributed by atoms with E-state index in [0.29, 0.717) is 29.6 Å². The van der Waals surface area contributed by atoms with E-state index < -0.39 is 4.92 Å². The molecule has 0 radical (unpaired) electrons. The average Bonchev–Trinajstić information content (AvgIpc) is 2.55. The molecule has 7 heteroatoms. The minimum atomic E-state index is -0.493. The van der Waals surface area contributed by atoms with Gasteiger partial charge in [0.25, 0.3) is 5.69 Å². The smallest absolute Gasteiger partial charge is 0.293 e. The van der Waals surface area contributed by atoms with Crippen molar-refractivity contribution in [2.24, 2.45) is 0 Å². The molecular formula is C16H14ClN3O3. The van der Waals surface area contributed by atoms with Crippen LogP contribution in [0.25, 0.3) is 0 Å². The molecule has 0 N–H and O–H groups in total. The van der Waals surface area contributed by atoms with E-state index in [1.54, 1.807) is 48.3 Å². The number of nitriles is 1. The average molecular weight is 332 g/mol. The van der Waals surface area contributed by atoms with Gasteiger partial charge in [0.05, 0.1) is 23.1 Å². The molecule has 0 aliphatic rings. The summed E-state index contributed by atoms with van der Waals surface area (Å²) in [6.07, 6.45) is 0. The standard InChI is InChI=1S/C16H14ClN3O3/c1-19(8-9-23-14-5-3-13(17)4-6-14)15-7-2-12(11-18)10-16(15)20(21)22/h2-7,10H,8-9H2,1H3. The summed E-state index contributed by atoms with van der Waals surface area (Å²) in [5, 5.41) is 20.6. The Hall–Kier alpha value is -2.78. The van der Waals surface area contributed by atoms with E-state index in [0.717, 1.165) is 0 Å². The predicted molar refractivity (Wildman–Crippen MR) is 88.0 cm³/mol. The van der Waals surface area contributed by atoms with Gasteiger partial charge in [-0.15, -0.1) is 0 Å². The SMILES string of the molecule is CN(CCOc1ccc(Cl)cc1)c1ccc(C#N)cc1[N+](=O)[O-]. The van der Waals surface area contributed by atoms with E-state index in [4.69, 9.17) is 21.6 Å². The first-order valence-corrected chi connectivity index (χ1v) is 7.17. The van der Waals surface area contributed by atoms with Crippen molar-refractivity contribution in [2.75, 3.05) is 25.1 Å². The van der Waals surface area contributed by atoms with Crippen molar-refractivity contribution < 1.29 is 9.66 Å². The topological polar surface area (TPSA) is 79.4 Å². The molecule has 0 aromatic heterocycles. The van der Waals surface area contributed by atoms with Gasteiger partial charge in [0.15, 0.2) is 0 Å². The largest absolute Gasteiger partial charge is 0.492 e. The lowest BCUT2D eigenvalue weighted by Crippen LogP contribution is -2.24. The van der Waals surface area contributed by atoms with Crippen molar-refractivity contribution in [3.05, 3.63) is 63.2 Å². The van der Waals surface area contributed by atoms with Gasteiger partial charge >= 0.3 is 0 Å². The van der Waals surface area contributed by atoms with Crippen LogP contribution in [0.2, 0.25) is 5.02 Å². The maximum Gasteiger partial charge on any atom is 0.293 e. The molecule has 0 unspecified atom stereocenters. The van der Waals surface area contributed by atoms with E-state index in [1.807, 2.05) is 6.07 Å². The van der Waals surface area contributed by atoms with Crippen molar-refractivity contribution in [1.82, 2.24) is 0 Å². The van der Waals surface area contributed by atoms with Crippen LogP contribution in [0.5, 0.6) is 5.75 Å². The number of nitro groups is 1. The minimum absolute atomic E-state index is 0.0990. The van der Waals surface area contributed by atoms with Crippen LogP contribution in [0.3, 0.4) is 0 Å². The Labute approximate surface area is 138 Å². The summed E-state index contributed by atoms with van der Waals surface area (Å²) in [6, 6.07) is 13.3. The number of benzene rings is 2. The minimum Gasteiger partial charge on any atom is -0.492 e. The molecule has 0 heterocycles. The Morgan fingerprint density at radius 3 is 2.61 bits per heavy atom. The van der Waals surface area contributed by atoms with Gasteiger partial charge in [0.2, 0.25) is 0 Å². The van der Waals surface area contributed by atoms with Crippen LogP contribution in [0.15, 0.2) is 42.5 Å². The van der Waals surface area contributed by atoms with Crippen molar-refractivity contribution in [3.63, 3.8) is 0 Å². The Bertz CT molecular complexity index is 741. The molecule has 2 rings (SSSR count). The monoisotopic (exact) mass is 331 g/mol. The quantitative estimate of drug-likeness (QED) is 0.596. The number of anilines is 1. The normalized spacial score (nSPS) is 9.96. The number of ether oxygens (including phenoxy) is 1. The molecule has 0 aliphatic carbocycles. The third kappa shape index (κ3) is 4.34. The molecule has 118 valence electrons. The van der Waals surface area contributed by atoms with Crippen molar-refractivity contribution in [3.8, 4) is 11.8 Å². The molecule has 0 atom stereocenters. The third-order valence-electron chi connectivity index (χ3n) is 3.22. The van der Waals surface area contributed by atoms with Crippen LogP contribution in [-0.4, -0.2) is 25.1 Å². The Morgan fingerprint density at radius 2 is 2.00 bits per heavy atom. The predicted octanol–water partition coefficient (Wildman–Crippen LogP) is 3.64. The van der Waals surface area contributed by atoms with E-state index >= 15 is 0 Å². The second-order valence-corrected chi connectivity index (χ2v) is 5.23. The van der Waals surface area contributed by atoms with Crippen LogP contribution >= 0.6 is 11.6 Å². The van der Waals surface area contributed by atoms with Crippen molar-refractivity contribution in [1.29, 1.82) is 5.26 Å². The molecule has 2 aromatic rings. The molecular weight excluding hydrogens is 318 g/mol. The maximum atomic E-state index is 11.1. The molecule has 23 heavy (non-hydrogen) atoms. The van der Waals surface area contributed by atoms with Crippen molar-refractivity contribution >= 4 is 23.0 Å². The molecule has 0 amide bonds. The zero-order chi connectivity index (χ0) is 16.8. The molecule has 6 nitrogen and oxygen atoms in total. The van der Waals surface area contributed by atoms with Gasteiger partial charge < -0.3 is 9.64 Å². The van der Waals surface area contributed by atoms with Crippen LogP contribution in [-0.2, 0) is 0 Å². The summed E-state index contributed by atoms with van der Waals surface area (Å²) in [5.41, 5.74) is 0.595. The molecule has 0 bridgehead atoms. The summed E-state index contributed by atoms with van der Waals surface area (Å²) < 4.78 is 5.58. The fraction of sp³-hybridized carbons (Fsp3) is 0.188. The molecule has 0 saturated carbocycles. The lowest BCUT2D eigenvalue weighted by atomic mass is 10.2. The highest BCUT2D eigenvalue weighted by molar-refractivity contribution is 6.30. The van der Waals surface area contributed by atoms with Crippen molar-refractivity contribution in [2.45, 2.75) is 0 Å². The highest BCUT2D eigenvalue weighted by Gasteiger charge is 2.17. The molecule has 0 aliphatic heterocycles. The van der Waals surface area contributed by atoms with E-state index in [2.05, 4.69) is 0 Å². The summed E-state index contributed by atoms with van der Waals surface area (Å²) in [5.74, 6) is 0.678. The van der Waals surface area contributed by atoms with Gasteiger partial charge in [-0.05, 0) is 36.4 Å². The van der Waals surface area contributed by atoms with Crippen LogP contribution in [0.4, 0.5) is 11.4 Å². The van der Waals surface area contributed by atoms with Gasteiger partial charge in [-0.1, -0.05) is 11.6 Å². The highest BCUT2D eigenvalue weighted by atomic mass is 35.5. The fourth-order valence-electron chi connectivity index (χ4n) is 2.01. The summed E-state index contributed by atoms with van der Waals surface area (Å²) >= 11 is 5.80. The lowest BCUT2D eigenvalue weighted by molar-refractivity contribution is -0.384. The highest BCUT2D eigenvalue weighted by Crippen LogP contribution is 2.28. The zero-order valence-electron chi connectivity index (χ0n) is 12.4. The molecule has 0 fully saturated rings. The number of halogens is 1. The van der Waals surface area contributed by atoms with Gasteiger partial charge in [-0.3, -0.25) is 10.1 Å². The summed E-state index contributed by atoms with van der Waals surface area (Å²) in [7, 11) is 1.74. The number of hydrogen-bond acceptors (Lipinski definition) is 5. The first-order valence-electron chi connectivity index (χ1n) is 6.79. The van der Waals surface area contributed by atoms with Gasteiger partial charge in [-0.25, -0.2) is 0 Å². The van der Waals surface area contributed by atoms with E-state index in [1.165, 1.54) is 6.07 Å². The Kier molecular flexibility index (Phi) is 5.39. The first kappa shape index (κ1) is 16.6. The number of nitro benzene ring substituents is 1. The van der Waals surface area contributed by atoms with E-state index in [9.17, 15) is 10.1 Å². The van der Waals surface area contributed by atoms with Gasteiger partial charge in [0, 0.05) is 18.1 Å². The van der Waals surface area contributed by atoms with Crippen LogP contribution < -0.4 is 9.64 Å². The van der Waals surface area contributed by atoms with Crippen LogP contribution in [0, 0.1) is 21.4 Å². The third-order valence-corrected chi connectivity index (χ3v) is 3.47. The number of rotatable bonds is 6. The van der Waals surface area contributed by atoms with E-state index in [-0.39, 0.29) is 11.3 Å². The maximum absolute atomic E-state index is 11.1.